The monoisotopic (exact) mass is 199 g/mol. The predicted molar refractivity (Wildman–Crippen MR) is 51.0 cm³/mol. The Kier molecular flexibility index (Phi) is 2.75. The Bertz CT molecular complexity index is 313. The number of aromatic nitrogens is 3. The highest BCUT2D eigenvalue weighted by molar-refractivity contribution is 7.71. The molecule has 0 bridgehead atoms. The normalized spacial score (nSPS) is 22.3. The molecule has 1 aromatic heterocycles. The first-order valence-electron chi connectivity index (χ1n) is 4.54. The summed E-state index contributed by atoms with van der Waals surface area (Å²) in [7, 11) is 0. The molecule has 13 heavy (non-hydrogen) atoms. The maximum absolute atomic E-state index is 5.30. The van der Waals surface area contributed by atoms with Gasteiger partial charge in [0.25, 0.3) is 0 Å². The van der Waals surface area contributed by atoms with Gasteiger partial charge in [-0.1, -0.05) is 0 Å². The molecule has 0 aromatic carbocycles. The van der Waals surface area contributed by atoms with Crippen LogP contribution < -0.4 is 0 Å². The molecule has 0 aliphatic carbocycles. The highest BCUT2D eigenvalue weighted by Gasteiger charge is 2.15. The molecule has 2 rings (SSSR count). The minimum absolute atomic E-state index is 0.705. The van der Waals surface area contributed by atoms with Gasteiger partial charge in [0.15, 0.2) is 4.77 Å². The van der Waals surface area contributed by atoms with Crippen LogP contribution in [0.2, 0.25) is 0 Å². The summed E-state index contributed by atoms with van der Waals surface area (Å²) < 4.78 is 7.97. The summed E-state index contributed by atoms with van der Waals surface area (Å²) in [6.07, 6.45) is 4.07. The van der Waals surface area contributed by atoms with Crippen LogP contribution in [0.15, 0.2) is 6.33 Å². The van der Waals surface area contributed by atoms with Crippen molar-refractivity contribution < 1.29 is 4.74 Å². The fourth-order valence-electron chi connectivity index (χ4n) is 1.56. The largest absolute Gasteiger partial charge is 0.381 e. The fourth-order valence-corrected chi connectivity index (χ4v) is 1.75. The predicted octanol–water partition coefficient (Wildman–Crippen LogP) is 1.37. The molecule has 1 aliphatic rings. The van der Waals surface area contributed by atoms with Gasteiger partial charge < -0.3 is 9.30 Å². The number of rotatable bonds is 3. The minimum Gasteiger partial charge on any atom is -0.381 e. The zero-order valence-electron chi connectivity index (χ0n) is 7.40. The van der Waals surface area contributed by atoms with Gasteiger partial charge >= 0.3 is 0 Å². The summed E-state index contributed by atoms with van der Waals surface area (Å²) in [6, 6.07) is 0. The number of hydrogen-bond acceptors (Lipinski definition) is 3. The summed E-state index contributed by atoms with van der Waals surface area (Å²) in [6.45, 7) is 2.77. The van der Waals surface area contributed by atoms with E-state index < -0.39 is 0 Å². The van der Waals surface area contributed by atoms with Crippen molar-refractivity contribution in [1.82, 2.24) is 14.8 Å². The lowest BCUT2D eigenvalue weighted by atomic mass is 10.1. The van der Waals surface area contributed by atoms with Crippen LogP contribution in [-0.2, 0) is 11.3 Å². The first kappa shape index (κ1) is 8.90. The van der Waals surface area contributed by atoms with E-state index in [4.69, 9.17) is 17.0 Å². The molecule has 4 nitrogen and oxygen atoms in total. The quantitative estimate of drug-likeness (QED) is 0.748. The first-order valence-corrected chi connectivity index (χ1v) is 4.94. The van der Waals surface area contributed by atoms with Gasteiger partial charge in [-0.05, 0) is 31.0 Å². The maximum atomic E-state index is 5.30. The SMILES string of the molecule is S=c1[nH]ncn1CCC1CCOC1. The molecule has 0 spiro atoms. The van der Waals surface area contributed by atoms with Gasteiger partial charge in [0.1, 0.15) is 6.33 Å². The number of aryl methyl sites for hydroxylation is 1. The Morgan fingerprint density at radius 2 is 2.69 bits per heavy atom. The van der Waals surface area contributed by atoms with Gasteiger partial charge in [-0.2, -0.15) is 5.10 Å². The van der Waals surface area contributed by atoms with Crippen LogP contribution in [-0.4, -0.2) is 28.0 Å². The highest BCUT2D eigenvalue weighted by atomic mass is 32.1. The molecule has 2 heterocycles. The van der Waals surface area contributed by atoms with E-state index in [9.17, 15) is 0 Å². The first-order chi connectivity index (χ1) is 6.36. The molecule has 1 aliphatic heterocycles. The van der Waals surface area contributed by atoms with Crippen molar-refractivity contribution in [1.29, 1.82) is 0 Å². The molecule has 0 saturated carbocycles. The Morgan fingerprint density at radius 3 is 3.31 bits per heavy atom. The van der Waals surface area contributed by atoms with E-state index in [1.807, 2.05) is 4.57 Å². The molecule has 1 saturated heterocycles. The molecule has 1 aromatic rings. The van der Waals surface area contributed by atoms with E-state index in [-0.39, 0.29) is 0 Å². The number of ether oxygens (including phenoxy) is 1. The van der Waals surface area contributed by atoms with E-state index in [1.165, 1.54) is 6.42 Å². The lowest BCUT2D eigenvalue weighted by molar-refractivity contribution is 0.183. The highest BCUT2D eigenvalue weighted by Crippen LogP contribution is 2.16. The van der Waals surface area contributed by atoms with Crippen LogP contribution in [0.4, 0.5) is 0 Å². The number of nitrogens with zero attached hydrogens (tertiary/aromatic N) is 2. The van der Waals surface area contributed by atoms with E-state index in [0.29, 0.717) is 10.7 Å². The summed E-state index contributed by atoms with van der Waals surface area (Å²) in [5.74, 6) is 0.705. The molecule has 72 valence electrons. The average Bonchev–Trinajstić information content (AvgIpc) is 2.72. The second-order valence-corrected chi connectivity index (χ2v) is 3.76. The van der Waals surface area contributed by atoms with E-state index in [0.717, 1.165) is 26.2 Å². The van der Waals surface area contributed by atoms with Crippen LogP contribution in [0.1, 0.15) is 12.8 Å². The average molecular weight is 199 g/mol. The van der Waals surface area contributed by atoms with Gasteiger partial charge in [0, 0.05) is 19.8 Å². The van der Waals surface area contributed by atoms with Crippen LogP contribution in [0.25, 0.3) is 0 Å². The van der Waals surface area contributed by atoms with Crippen molar-refractivity contribution >= 4 is 12.2 Å². The second kappa shape index (κ2) is 4.02. The number of nitrogens with one attached hydrogen (secondary N) is 1. The Balaban J connectivity index is 1.85. The third-order valence-corrected chi connectivity index (χ3v) is 2.75. The van der Waals surface area contributed by atoms with E-state index in [1.54, 1.807) is 6.33 Å². The summed E-state index contributed by atoms with van der Waals surface area (Å²) in [4.78, 5) is 0. The summed E-state index contributed by atoms with van der Waals surface area (Å²) in [5, 5.41) is 6.61. The molecule has 1 fully saturated rings. The molecular weight excluding hydrogens is 186 g/mol. The van der Waals surface area contributed by atoms with Crippen LogP contribution >= 0.6 is 12.2 Å². The molecule has 5 heteroatoms. The number of aromatic amines is 1. The maximum Gasteiger partial charge on any atom is 0.194 e. The third kappa shape index (κ3) is 2.16. The summed E-state index contributed by atoms with van der Waals surface area (Å²) in [5.41, 5.74) is 0. The molecule has 1 N–H and O–H groups in total. The standard InChI is InChI=1S/C8H13N3OS/c13-8-10-9-6-11(8)3-1-7-2-4-12-5-7/h6-7H,1-5H2,(H,10,13). The van der Waals surface area contributed by atoms with Crippen molar-refractivity contribution in [3.8, 4) is 0 Å². The van der Waals surface area contributed by atoms with Crippen molar-refractivity contribution in [2.45, 2.75) is 19.4 Å². The minimum atomic E-state index is 0.705. The van der Waals surface area contributed by atoms with Gasteiger partial charge in [-0.3, -0.25) is 5.10 Å². The molecule has 0 amide bonds. The van der Waals surface area contributed by atoms with Crippen LogP contribution in [0, 0.1) is 10.7 Å². The zero-order valence-corrected chi connectivity index (χ0v) is 8.22. The fraction of sp³-hybridized carbons (Fsp3) is 0.750. The molecular formula is C8H13N3OS. The lowest BCUT2D eigenvalue weighted by Gasteiger charge is -2.06. The van der Waals surface area contributed by atoms with E-state index in [2.05, 4.69) is 10.2 Å². The topological polar surface area (TPSA) is 42.8 Å². The third-order valence-electron chi connectivity index (χ3n) is 2.42. The van der Waals surface area contributed by atoms with Crippen molar-refractivity contribution in [3.63, 3.8) is 0 Å². The lowest BCUT2D eigenvalue weighted by Crippen LogP contribution is -2.05. The number of H-pyrrole nitrogens is 1. The van der Waals surface area contributed by atoms with Gasteiger partial charge in [-0.25, -0.2) is 0 Å². The number of hydrogen-bond donors (Lipinski definition) is 1. The smallest absolute Gasteiger partial charge is 0.194 e. The Hall–Kier alpha value is -0.680. The van der Waals surface area contributed by atoms with Crippen LogP contribution in [0.5, 0.6) is 0 Å². The molecule has 1 unspecified atom stereocenters. The van der Waals surface area contributed by atoms with Crippen molar-refractivity contribution in [2.24, 2.45) is 5.92 Å². The van der Waals surface area contributed by atoms with Gasteiger partial charge in [0.05, 0.1) is 0 Å². The van der Waals surface area contributed by atoms with Crippen molar-refractivity contribution in [3.05, 3.63) is 11.1 Å². The summed E-state index contributed by atoms with van der Waals surface area (Å²) >= 11 is 5.04. The van der Waals surface area contributed by atoms with Gasteiger partial charge in [0.2, 0.25) is 0 Å². The van der Waals surface area contributed by atoms with Crippen molar-refractivity contribution in [2.75, 3.05) is 13.2 Å². The molecule has 0 radical (unpaired) electrons. The molecule has 1 atom stereocenters. The van der Waals surface area contributed by atoms with E-state index >= 15 is 0 Å². The second-order valence-electron chi connectivity index (χ2n) is 3.37. The Labute approximate surface area is 81.9 Å². The van der Waals surface area contributed by atoms with Crippen LogP contribution in [0.3, 0.4) is 0 Å². The zero-order chi connectivity index (χ0) is 9.10. The Morgan fingerprint density at radius 1 is 1.77 bits per heavy atom. The van der Waals surface area contributed by atoms with Gasteiger partial charge in [-0.15, -0.1) is 0 Å².